The smallest absolute Gasteiger partial charge is 0.276 e. The molecular weight excluding hydrogens is 374 g/mol. The van der Waals surface area contributed by atoms with Crippen LogP contribution in [0.5, 0.6) is 11.5 Å². The van der Waals surface area contributed by atoms with E-state index < -0.39 is 14.9 Å². The average Bonchev–Trinajstić information content (AvgIpc) is 2.65. The van der Waals surface area contributed by atoms with Gasteiger partial charge in [0.25, 0.3) is 15.7 Å². The second-order valence-electron chi connectivity index (χ2n) is 5.86. The van der Waals surface area contributed by atoms with E-state index in [0.717, 1.165) is 6.07 Å². The molecule has 0 bridgehead atoms. The molecule has 10 heteroatoms. The molecule has 1 aliphatic rings. The van der Waals surface area contributed by atoms with E-state index >= 15 is 0 Å². The molecule has 2 aromatic carbocycles. The number of nitrogens with one attached hydrogen (secondary N) is 1. The number of hydrogen-bond acceptors (Lipinski definition) is 7. The Hall–Kier alpha value is -3.14. The molecule has 1 N–H and O–H groups in total. The third-order valence-corrected chi connectivity index (χ3v) is 5.19. The number of nitrogens with zero attached hydrogens (tertiary/aromatic N) is 2. The highest BCUT2D eigenvalue weighted by atomic mass is 32.2. The maximum Gasteiger partial charge on any atom is 0.276 e. The Labute approximate surface area is 155 Å². The number of rotatable bonds is 5. The number of hydrogen-bond donors (Lipinski definition) is 1. The number of nitro groups is 1. The molecule has 0 saturated heterocycles. The van der Waals surface area contributed by atoms with Gasteiger partial charge in [-0.05, 0) is 38.1 Å². The molecule has 0 saturated carbocycles. The van der Waals surface area contributed by atoms with Gasteiger partial charge in [-0.3, -0.25) is 10.1 Å². The summed E-state index contributed by atoms with van der Waals surface area (Å²) in [5.74, 6) is 1.18. The van der Waals surface area contributed by atoms with E-state index in [2.05, 4.69) is 9.93 Å². The molecule has 2 aromatic rings. The van der Waals surface area contributed by atoms with Crippen LogP contribution >= 0.6 is 0 Å². The summed E-state index contributed by atoms with van der Waals surface area (Å²) in [6, 6.07) is 8.84. The van der Waals surface area contributed by atoms with Gasteiger partial charge in [0.2, 0.25) is 0 Å². The van der Waals surface area contributed by atoms with E-state index in [1.54, 1.807) is 25.1 Å². The number of aryl methyl sites for hydroxylation is 1. The van der Waals surface area contributed by atoms with Crippen molar-refractivity contribution in [1.29, 1.82) is 0 Å². The van der Waals surface area contributed by atoms with Crippen LogP contribution in [0.3, 0.4) is 0 Å². The van der Waals surface area contributed by atoms with Crippen LogP contribution in [-0.4, -0.2) is 32.3 Å². The second-order valence-corrected chi connectivity index (χ2v) is 7.52. The van der Waals surface area contributed by atoms with Crippen LogP contribution < -0.4 is 14.3 Å². The van der Waals surface area contributed by atoms with Gasteiger partial charge >= 0.3 is 0 Å². The minimum absolute atomic E-state index is 0.237. The molecule has 27 heavy (non-hydrogen) atoms. The lowest BCUT2D eigenvalue weighted by Crippen LogP contribution is -2.20. The fraction of sp³-hybridized carbons (Fsp3) is 0.235. The molecule has 0 radical (unpaired) electrons. The molecule has 0 unspecified atom stereocenters. The fourth-order valence-electron chi connectivity index (χ4n) is 2.47. The lowest BCUT2D eigenvalue weighted by molar-refractivity contribution is -0.385. The quantitative estimate of drug-likeness (QED) is 0.475. The molecule has 0 aromatic heterocycles. The van der Waals surface area contributed by atoms with E-state index in [1.165, 1.54) is 19.1 Å². The van der Waals surface area contributed by atoms with Crippen molar-refractivity contribution in [2.45, 2.75) is 18.7 Å². The van der Waals surface area contributed by atoms with Crippen LogP contribution in [-0.2, 0) is 10.0 Å². The highest BCUT2D eigenvalue weighted by Gasteiger charge is 2.20. The van der Waals surface area contributed by atoms with Crippen molar-refractivity contribution in [3.63, 3.8) is 0 Å². The molecule has 0 atom stereocenters. The summed E-state index contributed by atoms with van der Waals surface area (Å²) in [5.41, 5.74) is 1.15. The van der Waals surface area contributed by atoms with Gasteiger partial charge in [0, 0.05) is 17.2 Å². The summed E-state index contributed by atoms with van der Waals surface area (Å²) in [7, 11) is -4.05. The van der Waals surface area contributed by atoms with E-state index in [0.29, 0.717) is 41.6 Å². The molecule has 3 rings (SSSR count). The van der Waals surface area contributed by atoms with E-state index in [4.69, 9.17) is 9.47 Å². The molecular formula is C17H17N3O6S. The number of benzene rings is 2. The van der Waals surface area contributed by atoms with Gasteiger partial charge in [-0.1, -0.05) is 6.07 Å². The molecule has 1 heterocycles. The Bertz CT molecular complexity index is 1030. The Kier molecular flexibility index (Phi) is 5.00. The second kappa shape index (κ2) is 7.23. The van der Waals surface area contributed by atoms with E-state index in [1.807, 2.05) is 0 Å². The van der Waals surface area contributed by atoms with Gasteiger partial charge < -0.3 is 9.47 Å². The maximum atomic E-state index is 12.4. The topological polar surface area (TPSA) is 120 Å². The Morgan fingerprint density at radius 2 is 1.85 bits per heavy atom. The van der Waals surface area contributed by atoms with Crippen LogP contribution in [0.25, 0.3) is 0 Å². The number of fused-ring (bicyclic) bond motifs is 1. The first-order chi connectivity index (χ1) is 12.8. The van der Waals surface area contributed by atoms with Crippen LogP contribution in [0.15, 0.2) is 46.4 Å². The third kappa shape index (κ3) is 4.00. The molecule has 1 aliphatic heterocycles. The minimum atomic E-state index is -4.05. The zero-order valence-electron chi connectivity index (χ0n) is 14.6. The van der Waals surface area contributed by atoms with E-state index in [9.17, 15) is 18.5 Å². The summed E-state index contributed by atoms with van der Waals surface area (Å²) in [5, 5.41) is 14.9. The summed E-state index contributed by atoms with van der Waals surface area (Å²) in [6.45, 7) is 4.07. The van der Waals surface area contributed by atoms with Gasteiger partial charge in [0.15, 0.2) is 11.5 Å². The molecule has 0 amide bonds. The molecule has 142 valence electrons. The molecule has 9 nitrogen and oxygen atoms in total. The van der Waals surface area contributed by atoms with Crippen molar-refractivity contribution in [2.75, 3.05) is 13.2 Å². The standard InChI is InChI=1S/C17H17N3O6S/c1-11-3-5-14(10-15(11)20(21)22)27(23,24)19-18-12(2)13-4-6-16-17(9-13)26-8-7-25-16/h3-6,9-10,19H,7-8H2,1-2H3/b18-12-. The number of ether oxygens (including phenoxy) is 2. The lowest BCUT2D eigenvalue weighted by Gasteiger charge is -2.18. The summed E-state index contributed by atoms with van der Waals surface area (Å²) in [6.07, 6.45) is 0. The monoisotopic (exact) mass is 391 g/mol. The average molecular weight is 391 g/mol. The first-order valence-corrected chi connectivity index (χ1v) is 9.47. The number of hydrazone groups is 1. The van der Waals surface area contributed by atoms with Gasteiger partial charge in [0.05, 0.1) is 15.5 Å². The highest BCUT2D eigenvalue weighted by Crippen LogP contribution is 2.31. The minimum Gasteiger partial charge on any atom is -0.486 e. The fourth-order valence-corrected chi connectivity index (χ4v) is 3.34. The molecule has 0 aliphatic carbocycles. The van der Waals surface area contributed by atoms with Crippen molar-refractivity contribution in [2.24, 2.45) is 5.10 Å². The first kappa shape index (κ1) is 18.6. The van der Waals surface area contributed by atoms with Crippen molar-refractivity contribution < 1.29 is 22.8 Å². The Morgan fingerprint density at radius 3 is 2.56 bits per heavy atom. The van der Waals surface area contributed by atoms with Crippen molar-refractivity contribution in [1.82, 2.24) is 4.83 Å². The van der Waals surface area contributed by atoms with Crippen LogP contribution in [0, 0.1) is 17.0 Å². The van der Waals surface area contributed by atoms with Gasteiger partial charge in [-0.25, -0.2) is 0 Å². The zero-order valence-corrected chi connectivity index (χ0v) is 15.4. The van der Waals surface area contributed by atoms with E-state index in [-0.39, 0.29) is 10.6 Å². The van der Waals surface area contributed by atoms with Crippen molar-refractivity contribution in [3.05, 3.63) is 57.6 Å². The van der Waals surface area contributed by atoms with Crippen molar-refractivity contribution >= 4 is 21.4 Å². The lowest BCUT2D eigenvalue weighted by atomic mass is 10.1. The van der Waals surface area contributed by atoms with Crippen LogP contribution in [0.2, 0.25) is 0 Å². The Balaban J connectivity index is 1.84. The maximum absolute atomic E-state index is 12.4. The van der Waals surface area contributed by atoms with Crippen molar-refractivity contribution in [3.8, 4) is 11.5 Å². The third-order valence-electron chi connectivity index (χ3n) is 3.98. The normalized spacial score (nSPS) is 13.9. The zero-order chi connectivity index (χ0) is 19.6. The highest BCUT2D eigenvalue weighted by molar-refractivity contribution is 7.89. The predicted molar refractivity (Wildman–Crippen MR) is 97.8 cm³/mol. The molecule has 0 fully saturated rings. The Morgan fingerprint density at radius 1 is 1.15 bits per heavy atom. The summed E-state index contributed by atoms with van der Waals surface area (Å²) < 4.78 is 35.7. The number of sulfonamides is 1. The van der Waals surface area contributed by atoms with Crippen LogP contribution in [0.4, 0.5) is 5.69 Å². The van der Waals surface area contributed by atoms with Gasteiger partial charge in [-0.15, -0.1) is 0 Å². The van der Waals surface area contributed by atoms with Crippen LogP contribution in [0.1, 0.15) is 18.1 Å². The molecule has 0 spiro atoms. The van der Waals surface area contributed by atoms with Gasteiger partial charge in [0.1, 0.15) is 13.2 Å². The largest absolute Gasteiger partial charge is 0.486 e. The predicted octanol–water partition coefficient (Wildman–Crippen LogP) is 2.38. The number of nitro benzene ring substituents is 1. The summed E-state index contributed by atoms with van der Waals surface area (Å²) in [4.78, 5) is 12.3. The first-order valence-electron chi connectivity index (χ1n) is 7.99. The summed E-state index contributed by atoms with van der Waals surface area (Å²) >= 11 is 0. The van der Waals surface area contributed by atoms with Gasteiger partial charge in [-0.2, -0.15) is 18.4 Å². The SMILES string of the molecule is C/C(=N/NS(=O)(=O)c1ccc(C)c([N+](=O)[O-])c1)c1ccc2c(c1)OCCO2.